The molecule has 14 heteroatoms. The number of hydrogen-bond acceptors (Lipinski definition) is 12. The topological polar surface area (TPSA) is 120 Å². The minimum Gasteiger partial charge on any atom is -0.396 e. The van der Waals surface area contributed by atoms with Crippen LogP contribution in [0.2, 0.25) is 0 Å². The van der Waals surface area contributed by atoms with Gasteiger partial charge in [-0.2, -0.15) is 0 Å². The summed E-state index contributed by atoms with van der Waals surface area (Å²) in [5.74, 6) is -0.0466. The molecule has 326 valence electrons. The number of hydrogen-bond donors (Lipinski definition) is 2. The molecule has 6 aromatic heterocycles. The minimum absolute atomic E-state index is 0.0146. The zero-order chi connectivity index (χ0) is 42.9. The fourth-order valence-electron chi connectivity index (χ4n) is 7.51. The molecule has 0 spiro atoms. The number of anilines is 2. The van der Waals surface area contributed by atoms with Crippen molar-refractivity contribution in [3.05, 3.63) is 58.3 Å². The fraction of sp³-hybridized carbons (Fsp3) is 0.478. The van der Waals surface area contributed by atoms with E-state index < -0.39 is 19.7 Å². The van der Waals surface area contributed by atoms with Crippen LogP contribution < -0.4 is 11.5 Å². The predicted molar refractivity (Wildman–Crippen MR) is 269 cm³/mol. The van der Waals surface area contributed by atoms with Gasteiger partial charge in [-0.3, -0.25) is 0 Å². The SMILES string of the molecule is CCCCCCCCCCS(=O)(=O)c1c(-c2ccc(-c3ccc(C)s3)s2)sc(-c2sc(-c3ccc(-c4ccc(C)s4)s3)c(N)c2S(=O)(=O)CCCCCCCCCC)c1N. The number of sulfone groups is 2. The van der Waals surface area contributed by atoms with Gasteiger partial charge >= 0.3 is 0 Å². The van der Waals surface area contributed by atoms with Crippen LogP contribution in [0.5, 0.6) is 0 Å². The molecule has 4 N–H and O–H groups in total. The Hall–Kier alpha value is -2.30. The summed E-state index contributed by atoms with van der Waals surface area (Å²) >= 11 is 9.15. The third kappa shape index (κ3) is 11.6. The lowest BCUT2D eigenvalue weighted by atomic mass is 10.1. The largest absolute Gasteiger partial charge is 0.396 e. The van der Waals surface area contributed by atoms with E-state index >= 15 is 0 Å². The lowest BCUT2D eigenvalue weighted by Gasteiger charge is -2.09. The lowest BCUT2D eigenvalue weighted by molar-refractivity contribution is 0.572. The molecule has 0 unspecified atom stereocenters. The van der Waals surface area contributed by atoms with E-state index in [1.807, 2.05) is 18.2 Å². The summed E-state index contributed by atoms with van der Waals surface area (Å²) in [6, 6.07) is 16.5. The number of aryl methyl sites for hydroxylation is 2. The highest BCUT2D eigenvalue weighted by Gasteiger charge is 2.35. The van der Waals surface area contributed by atoms with Gasteiger partial charge in [-0.25, -0.2) is 16.8 Å². The van der Waals surface area contributed by atoms with Crippen molar-refractivity contribution in [2.45, 2.75) is 140 Å². The average Bonchev–Trinajstić information content (AvgIpc) is 4.07. The summed E-state index contributed by atoms with van der Waals surface area (Å²) in [6.45, 7) is 8.57. The molecule has 0 amide bonds. The Morgan fingerprint density at radius 3 is 1.15 bits per heavy atom. The Morgan fingerprint density at radius 2 is 0.717 bits per heavy atom. The van der Waals surface area contributed by atoms with E-state index in [9.17, 15) is 16.8 Å². The molecule has 0 saturated heterocycles. The summed E-state index contributed by atoms with van der Waals surface area (Å²) in [5.41, 5.74) is 14.4. The minimum atomic E-state index is -3.88. The third-order valence-electron chi connectivity index (χ3n) is 10.8. The second kappa shape index (κ2) is 21.9. The van der Waals surface area contributed by atoms with Gasteiger partial charge in [0.05, 0.1) is 42.4 Å². The molecule has 6 rings (SSSR count). The molecule has 0 saturated carbocycles. The molecule has 0 aliphatic heterocycles. The van der Waals surface area contributed by atoms with Gasteiger partial charge in [-0.1, -0.05) is 104 Å². The Kier molecular flexibility index (Phi) is 17.2. The molecule has 6 nitrogen and oxygen atoms in total. The van der Waals surface area contributed by atoms with Gasteiger partial charge in [0, 0.05) is 39.0 Å². The first kappa shape index (κ1) is 47.2. The zero-order valence-corrected chi connectivity index (χ0v) is 41.9. The van der Waals surface area contributed by atoms with Crippen LogP contribution in [-0.4, -0.2) is 28.3 Å². The molecule has 0 aliphatic rings. The van der Waals surface area contributed by atoms with Gasteiger partial charge in [0.1, 0.15) is 9.79 Å². The van der Waals surface area contributed by atoms with Crippen LogP contribution in [-0.2, 0) is 19.7 Å². The van der Waals surface area contributed by atoms with Gasteiger partial charge in [0.25, 0.3) is 0 Å². The molecule has 0 atom stereocenters. The summed E-state index contributed by atoms with van der Waals surface area (Å²) < 4.78 is 58.3. The molecule has 0 fully saturated rings. The van der Waals surface area contributed by atoms with E-state index in [-0.39, 0.29) is 32.7 Å². The zero-order valence-electron chi connectivity index (χ0n) is 35.4. The van der Waals surface area contributed by atoms with E-state index in [0.717, 1.165) is 67.8 Å². The molecule has 0 aliphatic carbocycles. The van der Waals surface area contributed by atoms with Crippen molar-refractivity contribution in [1.29, 1.82) is 0 Å². The highest BCUT2D eigenvalue weighted by Crippen LogP contribution is 2.56. The van der Waals surface area contributed by atoms with Gasteiger partial charge in [-0.05, 0) is 75.2 Å². The monoisotopic (exact) mass is 960 g/mol. The molecule has 0 bridgehead atoms. The first-order valence-electron chi connectivity index (χ1n) is 21.5. The summed E-state index contributed by atoms with van der Waals surface area (Å²) in [5, 5.41) is 0. The number of nitrogens with two attached hydrogens (primary N) is 2. The van der Waals surface area contributed by atoms with Crippen LogP contribution in [0, 0.1) is 13.8 Å². The van der Waals surface area contributed by atoms with Crippen molar-refractivity contribution in [3.8, 4) is 48.8 Å². The predicted octanol–water partition coefficient (Wildman–Crippen LogP) is 16.0. The number of thiophene rings is 6. The highest BCUT2D eigenvalue weighted by atomic mass is 32.2. The van der Waals surface area contributed by atoms with Crippen LogP contribution in [0.1, 0.15) is 126 Å². The second-order valence-electron chi connectivity index (χ2n) is 15.7. The smallest absolute Gasteiger partial charge is 0.181 e. The summed E-state index contributed by atoms with van der Waals surface area (Å²) in [6.07, 6.45) is 16.5. The molecular formula is C46H60N2O4S8. The van der Waals surface area contributed by atoms with Crippen LogP contribution in [0.4, 0.5) is 11.4 Å². The molecular weight excluding hydrogens is 901 g/mol. The van der Waals surface area contributed by atoms with Gasteiger partial charge in [0.2, 0.25) is 0 Å². The molecule has 0 radical (unpaired) electrons. The van der Waals surface area contributed by atoms with E-state index in [2.05, 4.69) is 58.0 Å². The van der Waals surface area contributed by atoms with Gasteiger partial charge < -0.3 is 11.5 Å². The van der Waals surface area contributed by atoms with E-state index in [4.69, 9.17) is 11.5 Å². The summed E-state index contributed by atoms with van der Waals surface area (Å²) in [4.78, 5) is 10.8. The maximum atomic E-state index is 14.6. The quantitative estimate of drug-likeness (QED) is 0.0552. The standard InChI is InChI=1S/C46H60N2O4S8/c1-5-7-9-11-13-15-17-19-29-59(49,50)45-40(48)43(58-42(45)38-28-26-36(56-38)34-24-22-32(4)54-34)44-46(60(51,52)30-20-18-16-14-12-10-8-6-2)39(47)41(57-44)37-27-25-35(55-37)33-23-21-31(3)53-33/h21-28H,5-20,29-30,47-48H2,1-4H3. The van der Waals surface area contributed by atoms with E-state index in [0.29, 0.717) is 32.4 Å². The maximum absolute atomic E-state index is 14.6. The Balaban J connectivity index is 1.40. The first-order chi connectivity index (χ1) is 28.8. The third-order valence-corrected chi connectivity index (χ3v) is 22.3. The van der Waals surface area contributed by atoms with E-state index in [1.54, 1.807) is 45.3 Å². The van der Waals surface area contributed by atoms with Crippen molar-refractivity contribution >= 4 is 99.1 Å². The van der Waals surface area contributed by atoms with Crippen molar-refractivity contribution in [2.24, 2.45) is 0 Å². The average molecular weight is 962 g/mol. The normalized spacial score (nSPS) is 12.3. The number of unbranched alkanes of at least 4 members (excludes halogenated alkanes) is 14. The Labute approximate surface area is 383 Å². The summed E-state index contributed by atoms with van der Waals surface area (Å²) in [7, 11) is -7.73. The molecule has 6 heterocycles. The number of rotatable bonds is 25. The maximum Gasteiger partial charge on any atom is 0.181 e. The molecule has 6 aromatic rings. The lowest BCUT2D eigenvalue weighted by Crippen LogP contribution is -2.10. The van der Waals surface area contributed by atoms with Crippen LogP contribution >= 0.6 is 68.0 Å². The first-order valence-corrected chi connectivity index (χ1v) is 29.7. The van der Waals surface area contributed by atoms with Crippen LogP contribution in [0.15, 0.2) is 58.3 Å². The van der Waals surface area contributed by atoms with Gasteiger partial charge in [0.15, 0.2) is 19.7 Å². The van der Waals surface area contributed by atoms with E-state index in [1.165, 1.54) is 83.8 Å². The second-order valence-corrected chi connectivity index (χ2v) is 26.6. The van der Waals surface area contributed by atoms with Crippen LogP contribution in [0.3, 0.4) is 0 Å². The molecule has 0 aromatic carbocycles. The molecule has 60 heavy (non-hydrogen) atoms. The van der Waals surface area contributed by atoms with Crippen molar-refractivity contribution in [1.82, 2.24) is 0 Å². The Bertz CT molecular complexity index is 2530. The van der Waals surface area contributed by atoms with Crippen molar-refractivity contribution < 1.29 is 16.8 Å². The van der Waals surface area contributed by atoms with Gasteiger partial charge in [-0.15, -0.1) is 68.0 Å². The van der Waals surface area contributed by atoms with Crippen molar-refractivity contribution in [2.75, 3.05) is 23.0 Å². The number of nitrogen functional groups attached to an aromatic ring is 2. The highest BCUT2D eigenvalue weighted by molar-refractivity contribution is 7.92. The fourth-order valence-corrected chi connectivity index (χ4v) is 18.6. The van der Waals surface area contributed by atoms with Crippen LogP contribution in [0.25, 0.3) is 48.8 Å². The Morgan fingerprint density at radius 1 is 0.383 bits per heavy atom. The van der Waals surface area contributed by atoms with Crippen molar-refractivity contribution in [3.63, 3.8) is 0 Å².